The van der Waals surface area contributed by atoms with Gasteiger partial charge in [0.1, 0.15) is 11.9 Å². The van der Waals surface area contributed by atoms with Crippen LogP contribution in [0.5, 0.6) is 0 Å². The minimum absolute atomic E-state index is 0.0265. The fraction of sp³-hybridized carbons (Fsp3) is 0.385. The minimum atomic E-state index is -4.05. The molecule has 2 atom stereocenters. The first kappa shape index (κ1) is 25.1. The molecule has 2 heterocycles. The fourth-order valence-corrected chi connectivity index (χ4v) is 5.71. The second-order valence-electron chi connectivity index (χ2n) is 9.28. The number of aliphatic hydroxyl groups is 1. The molecule has 1 aliphatic rings. The summed E-state index contributed by atoms with van der Waals surface area (Å²) in [6, 6.07) is 12.2. The average Bonchev–Trinajstić information content (AvgIpc) is 3.18. The zero-order chi connectivity index (χ0) is 25.3. The first-order chi connectivity index (χ1) is 16.6. The molecule has 4 rings (SSSR count). The van der Waals surface area contributed by atoms with Crippen LogP contribution < -0.4 is 0 Å². The number of carbonyl (C=O) groups is 1. The third-order valence-corrected chi connectivity index (χ3v) is 7.74. The van der Waals surface area contributed by atoms with E-state index < -0.39 is 34.0 Å². The first-order valence-corrected chi connectivity index (χ1v) is 13.1. The molecule has 2 aromatic carbocycles. The van der Waals surface area contributed by atoms with Gasteiger partial charge in [-0.15, -0.1) is 0 Å². The molecule has 1 aliphatic heterocycles. The Labute approximate surface area is 204 Å². The van der Waals surface area contributed by atoms with E-state index in [2.05, 4.69) is 5.10 Å². The van der Waals surface area contributed by atoms with Crippen LogP contribution in [0.4, 0.5) is 4.39 Å². The summed E-state index contributed by atoms with van der Waals surface area (Å²) in [5, 5.41) is 14.5. The highest BCUT2D eigenvalue weighted by Crippen LogP contribution is 2.35. The summed E-state index contributed by atoms with van der Waals surface area (Å²) in [5.41, 5.74) is 3.09. The van der Waals surface area contributed by atoms with Crippen LogP contribution >= 0.6 is 0 Å². The number of aryl methyl sites for hydroxylation is 1. The minimum Gasteiger partial charge on any atom is -0.462 e. The molecule has 9 heteroatoms. The van der Waals surface area contributed by atoms with Crippen molar-refractivity contribution in [3.8, 4) is 11.3 Å². The van der Waals surface area contributed by atoms with Crippen molar-refractivity contribution in [3.63, 3.8) is 0 Å². The van der Waals surface area contributed by atoms with E-state index in [-0.39, 0.29) is 17.2 Å². The summed E-state index contributed by atoms with van der Waals surface area (Å²) in [7, 11) is -4.05. The maximum Gasteiger partial charge on any atom is 0.308 e. The maximum atomic E-state index is 13.7. The lowest BCUT2D eigenvalue weighted by Gasteiger charge is -2.26. The van der Waals surface area contributed by atoms with Crippen molar-refractivity contribution in [1.29, 1.82) is 0 Å². The lowest BCUT2D eigenvalue weighted by Crippen LogP contribution is -2.32. The van der Waals surface area contributed by atoms with Gasteiger partial charge in [0, 0.05) is 17.5 Å². The van der Waals surface area contributed by atoms with Crippen molar-refractivity contribution >= 4 is 16.0 Å². The molecule has 1 fully saturated rings. The number of aliphatic hydroxyl groups excluding tert-OH is 1. The number of hydrogen-bond acceptors (Lipinski definition) is 6. The molecule has 35 heavy (non-hydrogen) atoms. The van der Waals surface area contributed by atoms with E-state index in [9.17, 15) is 22.7 Å². The highest BCUT2D eigenvalue weighted by Gasteiger charge is 2.31. The molecule has 0 aliphatic carbocycles. The largest absolute Gasteiger partial charge is 0.462 e. The summed E-state index contributed by atoms with van der Waals surface area (Å²) in [6.45, 7) is 5.72. The van der Waals surface area contributed by atoms with Crippen molar-refractivity contribution in [2.75, 3.05) is 0 Å². The number of nitrogens with zero attached hydrogens (tertiary/aromatic N) is 2. The third-order valence-electron chi connectivity index (χ3n) is 6.15. The highest BCUT2D eigenvalue weighted by molar-refractivity contribution is 7.90. The van der Waals surface area contributed by atoms with Gasteiger partial charge in [0.05, 0.1) is 28.8 Å². The Kier molecular flexibility index (Phi) is 7.10. The SMILES string of the molecule is Cc1ccc(S(=O)(=O)n2nc(C(C)C)c(CC[C@H]3C[C@H](O)CC(=O)O3)c2-c2ccc(F)cc2)cc1. The Balaban J connectivity index is 1.84. The molecule has 0 saturated carbocycles. The van der Waals surface area contributed by atoms with E-state index in [4.69, 9.17) is 4.74 Å². The first-order valence-electron chi connectivity index (χ1n) is 11.6. The second-order valence-corrected chi connectivity index (χ2v) is 11.0. The molecule has 7 nitrogen and oxygen atoms in total. The topological polar surface area (TPSA) is 98.5 Å². The van der Waals surface area contributed by atoms with Gasteiger partial charge >= 0.3 is 5.97 Å². The van der Waals surface area contributed by atoms with E-state index in [1.165, 1.54) is 24.3 Å². The number of benzene rings is 2. The number of hydrogen-bond donors (Lipinski definition) is 1. The van der Waals surface area contributed by atoms with Gasteiger partial charge < -0.3 is 9.84 Å². The Bertz CT molecular complexity index is 1320. The van der Waals surface area contributed by atoms with E-state index in [1.54, 1.807) is 24.3 Å². The van der Waals surface area contributed by atoms with Gasteiger partial charge in [-0.25, -0.2) is 4.39 Å². The molecule has 0 unspecified atom stereocenters. The van der Waals surface area contributed by atoms with E-state index in [0.717, 1.165) is 9.65 Å². The van der Waals surface area contributed by atoms with Crippen molar-refractivity contribution in [2.24, 2.45) is 0 Å². The van der Waals surface area contributed by atoms with Crippen LogP contribution in [0, 0.1) is 12.7 Å². The quantitative estimate of drug-likeness (QED) is 0.484. The predicted molar refractivity (Wildman–Crippen MR) is 129 cm³/mol. The van der Waals surface area contributed by atoms with Gasteiger partial charge in [0.25, 0.3) is 10.0 Å². The Morgan fingerprint density at radius 3 is 2.40 bits per heavy atom. The summed E-state index contributed by atoms with van der Waals surface area (Å²) in [5.74, 6) is -0.984. The van der Waals surface area contributed by atoms with Crippen LogP contribution in [0.2, 0.25) is 0 Å². The van der Waals surface area contributed by atoms with Crippen molar-refractivity contribution in [2.45, 2.75) is 69.5 Å². The number of ether oxygens (including phenoxy) is 1. The van der Waals surface area contributed by atoms with Crippen LogP contribution in [0.1, 0.15) is 55.8 Å². The molecule has 1 aromatic heterocycles. The van der Waals surface area contributed by atoms with Gasteiger partial charge in [-0.1, -0.05) is 31.5 Å². The molecule has 1 N–H and O–H groups in total. The molecule has 3 aromatic rings. The molecular formula is C26H29FN2O5S. The molecule has 0 bridgehead atoms. The fourth-order valence-electron chi connectivity index (χ4n) is 4.38. The monoisotopic (exact) mass is 500 g/mol. The smallest absolute Gasteiger partial charge is 0.308 e. The Morgan fingerprint density at radius 2 is 1.80 bits per heavy atom. The summed E-state index contributed by atoms with van der Waals surface area (Å²) >= 11 is 0. The number of halogens is 1. The molecule has 0 amide bonds. The lowest BCUT2D eigenvalue weighted by atomic mass is 9.94. The molecular weight excluding hydrogens is 471 g/mol. The van der Waals surface area contributed by atoms with Crippen molar-refractivity contribution in [1.82, 2.24) is 9.19 Å². The van der Waals surface area contributed by atoms with Crippen LogP contribution in [0.25, 0.3) is 11.3 Å². The average molecular weight is 501 g/mol. The van der Waals surface area contributed by atoms with Crippen LogP contribution in [-0.4, -0.2) is 40.9 Å². The van der Waals surface area contributed by atoms with Crippen molar-refractivity contribution < 1.29 is 27.4 Å². The number of cyclic esters (lactones) is 1. The van der Waals surface area contributed by atoms with Crippen LogP contribution in [0.3, 0.4) is 0 Å². The second kappa shape index (κ2) is 9.91. The zero-order valence-corrected chi connectivity index (χ0v) is 20.8. The number of esters is 1. The predicted octanol–water partition coefficient (Wildman–Crippen LogP) is 4.36. The van der Waals surface area contributed by atoms with E-state index in [1.807, 2.05) is 20.8 Å². The van der Waals surface area contributed by atoms with E-state index in [0.29, 0.717) is 41.8 Å². The lowest BCUT2D eigenvalue weighted by molar-refractivity contribution is -0.160. The molecule has 1 saturated heterocycles. The summed E-state index contributed by atoms with van der Waals surface area (Å²) < 4.78 is 47.6. The van der Waals surface area contributed by atoms with Gasteiger partial charge in [-0.05, 0) is 62.1 Å². The summed E-state index contributed by atoms with van der Waals surface area (Å²) in [4.78, 5) is 11.9. The van der Waals surface area contributed by atoms with Crippen LogP contribution in [-0.2, 0) is 26.0 Å². The zero-order valence-electron chi connectivity index (χ0n) is 19.9. The van der Waals surface area contributed by atoms with Gasteiger partial charge in [-0.3, -0.25) is 4.79 Å². The molecule has 0 radical (unpaired) electrons. The van der Waals surface area contributed by atoms with Crippen LogP contribution in [0.15, 0.2) is 53.4 Å². The van der Waals surface area contributed by atoms with Crippen molar-refractivity contribution in [3.05, 3.63) is 71.2 Å². The standard InChI is InChI=1S/C26H29FN2O5S/c1-16(2)25-23(13-10-21-14-20(30)15-24(31)34-21)26(18-6-8-19(27)9-7-18)29(28-25)35(32,33)22-11-4-17(3)5-12-22/h4-9,11-12,16,20-21,30H,10,13-15H2,1-3H3/t20-,21-/m0/s1. The van der Waals surface area contributed by atoms with E-state index >= 15 is 0 Å². The van der Waals surface area contributed by atoms with Gasteiger partial charge in [-0.2, -0.15) is 17.6 Å². The normalized spacial score (nSPS) is 18.6. The number of carbonyl (C=O) groups excluding carboxylic acids is 1. The Hall–Kier alpha value is -3.04. The number of rotatable bonds is 7. The maximum absolute atomic E-state index is 13.7. The van der Waals surface area contributed by atoms with Gasteiger partial charge in [0.15, 0.2) is 0 Å². The molecule has 0 spiro atoms. The third kappa shape index (κ3) is 5.31. The molecule has 186 valence electrons. The Morgan fingerprint density at radius 1 is 1.14 bits per heavy atom. The summed E-state index contributed by atoms with van der Waals surface area (Å²) in [6.07, 6.45) is -0.177. The number of aromatic nitrogens is 2. The highest BCUT2D eigenvalue weighted by atomic mass is 32.2. The van der Waals surface area contributed by atoms with Gasteiger partial charge in [0.2, 0.25) is 0 Å².